The first kappa shape index (κ1) is 11.5. The van der Waals surface area contributed by atoms with Gasteiger partial charge in [-0.25, -0.2) is 4.79 Å². The maximum Gasteiger partial charge on any atom is 0.327 e. The van der Waals surface area contributed by atoms with Gasteiger partial charge in [-0.05, 0) is 37.8 Å². The number of hydrogen-bond acceptors (Lipinski definition) is 1. The summed E-state index contributed by atoms with van der Waals surface area (Å²) in [5.41, 5.74) is 3.81. The molecule has 1 aromatic carbocycles. The Hall–Kier alpha value is -1.57. The third-order valence-corrected chi connectivity index (χ3v) is 2.35. The largest absolute Gasteiger partial charge is 0.478 e. The minimum Gasteiger partial charge on any atom is -0.478 e. The molecule has 0 fully saturated rings. The van der Waals surface area contributed by atoms with Crippen molar-refractivity contribution < 1.29 is 9.90 Å². The molecule has 0 heterocycles. The van der Waals surface area contributed by atoms with Crippen LogP contribution in [0, 0.1) is 13.8 Å². The quantitative estimate of drug-likeness (QED) is 0.766. The van der Waals surface area contributed by atoms with Crippen molar-refractivity contribution in [2.75, 3.05) is 0 Å². The highest BCUT2D eigenvalue weighted by molar-refractivity contribution is 5.79. The van der Waals surface area contributed by atoms with Crippen LogP contribution in [-0.4, -0.2) is 11.1 Å². The lowest BCUT2D eigenvalue weighted by atomic mass is 10.0. The standard InChI is InChI=1S/C13H16O2/c1-10-7-8-11(2)12(9-10)5-3-4-6-13(14)15/h4,6-9H,3,5H2,1-2H3,(H,14,15)/b6-4+. The van der Waals surface area contributed by atoms with Gasteiger partial charge in [-0.15, -0.1) is 0 Å². The minimum atomic E-state index is -0.879. The molecule has 0 saturated carbocycles. The van der Waals surface area contributed by atoms with E-state index in [1.54, 1.807) is 6.08 Å². The molecule has 0 bridgehead atoms. The zero-order valence-electron chi connectivity index (χ0n) is 9.16. The third-order valence-electron chi connectivity index (χ3n) is 2.35. The molecule has 0 amide bonds. The van der Waals surface area contributed by atoms with E-state index in [4.69, 9.17) is 5.11 Å². The second-order valence-corrected chi connectivity index (χ2v) is 3.71. The SMILES string of the molecule is Cc1ccc(C)c(CC/C=C/C(=O)O)c1. The molecule has 0 radical (unpaired) electrons. The summed E-state index contributed by atoms with van der Waals surface area (Å²) in [7, 11) is 0. The molecular formula is C13H16O2. The van der Waals surface area contributed by atoms with Gasteiger partial charge < -0.3 is 5.11 Å². The van der Waals surface area contributed by atoms with Crippen LogP contribution < -0.4 is 0 Å². The number of hydrogen-bond donors (Lipinski definition) is 1. The molecule has 1 aromatic rings. The lowest BCUT2D eigenvalue weighted by Crippen LogP contribution is -1.91. The highest BCUT2D eigenvalue weighted by Crippen LogP contribution is 2.12. The first-order chi connectivity index (χ1) is 7.09. The first-order valence-electron chi connectivity index (χ1n) is 5.05. The van der Waals surface area contributed by atoms with Crippen molar-refractivity contribution >= 4 is 5.97 Å². The van der Waals surface area contributed by atoms with Gasteiger partial charge in [0.25, 0.3) is 0 Å². The van der Waals surface area contributed by atoms with Crippen LogP contribution in [-0.2, 0) is 11.2 Å². The first-order valence-corrected chi connectivity index (χ1v) is 5.05. The molecule has 80 valence electrons. The molecular weight excluding hydrogens is 188 g/mol. The van der Waals surface area contributed by atoms with E-state index < -0.39 is 5.97 Å². The fourth-order valence-corrected chi connectivity index (χ4v) is 1.49. The van der Waals surface area contributed by atoms with Crippen molar-refractivity contribution in [3.05, 3.63) is 47.0 Å². The highest BCUT2D eigenvalue weighted by atomic mass is 16.4. The van der Waals surface area contributed by atoms with Crippen LogP contribution >= 0.6 is 0 Å². The van der Waals surface area contributed by atoms with E-state index in [2.05, 4.69) is 32.0 Å². The number of aryl methyl sites for hydroxylation is 3. The lowest BCUT2D eigenvalue weighted by Gasteiger charge is -2.04. The fourth-order valence-electron chi connectivity index (χ4n) is 1.49. The van der Waals surface area contributed by atoms with Gasteiger partial charge in [0, 0.05) is 6.08 Å². The van der Waals surface area contributed by atoms with E-state index in [-0.39, 0.29) is 0 Å². The van der Waals surface area contributed by atoms with E-state index >= 15 is 0 Å². The van der Waals surface area contributed by atoms with E-state index in [1.165, 1.54) is 22.8 Å². The van der Waals surface area contributed by atoms with Crippen LogP contribution in [0.1, 0.15) is 23.1 Å². The summed E-state index contributed by atoms with van der Waals surface area (Å²) in [6.07, 6.45) is 4.57. The lowest BCUT2D eigenvalue weighted by molar-refractivity contribution is -0.131. The zero-order chi connectivity index (χ0) is 11.3. The Balaban J connectivity index is 2.57. The molecule has 1 N–H and O–H groups in total. The predicted molar refractivity (Wildman–Crippen MR) is 61.0 cm³/mol. The molecule has 0 aliphatic rings. The van der Waals surface area contributed by atoms with Crippen LogP contribution in [0.25, 0.3) is 0 Å². The van der Waals surface area contributed by atoms with Crippen molar-refractivity contribution in [1.29, 1.82) is 0 Å². The van der Waals surface area contributed by atoms with Gasteiger partial charge in [0.05, 0.1) is 0 Å². The van der Waals surface area contributed by atoms with E-state index in [9.17, 15) is 4.79 Å². The Bertz CT molecular complexity index is 378. The van der Waals surface area contributed by atoms with Crippen LogP contribution in [0.4, 0.5) is 0 Å². The highest BCUT2D eigenvalue weighted by Gasteiger charge is 1.97. The molecule has 0 unspecified atom stereocenters. The van der Waals surface area contributed by atoms with Crippen molar-refractivity contribution in [3.8, 4) is 0 Å². The summed E-state index contributed by atoms with van der Waals surface area (Å²) < 4.78 is 0. The number of aliphatic carboxylic acids is 1. The van der Waals surface area contributed by atoms with Crippen LogP contribution in [0.3, 0.4) is 0 Å². The molecule has 0 saturated heterocycles. The number of carbonyl (C=O) groups is 1. The number of carboxylic acid groups (broad SMARTS) is 1. The minimum absolute atomic E-state index is 0.774. The summed E-state index contributed by atoms with van der Waals surface area (Å²) in [4.78, 5) is 10.2. The maximum absolute atomic E-state index is 10.2. The molecule has 15 heavy (non-hydrogen) atoms. The second kappa shape index (κ2) is 5.35. The summed E-state index contributed by atoms with van der Waals surface area (Å²) in [5, 5.41) is 8.42. The maximum atomic E-state index is 10.2. The Morgan fingerprint density at radius 2 is 2.13 bits per heavy atom. The number of rotatable bonds is 4. The number of carboxylic acids is 1. The zero-order valence-corrected chi connectivity index (χ0v) is 9.16. The smallest absolute Gasteiger partial charge is 0.327 e. The van der Waals surface area contributed by atoms with Gasteiger partial charge in [-0.1, -0.05) is 29.8 Å². The Morgan fingerprint density at radius 1 is 1.40 bits per heavy atom. The van der Waals surface area contributed by atoms with Crippen molar-refractivity contribution in [2.45, 2.75) is 26.7 Å². The average Bonchev–Trinajstić information content (AvgIpc) is 2.17. The summed E-state index contributed by atoms with van der Waals surface area (Å²) >= 11 is 0. The predicted octanol–water partition coefficient (Wildman–Crippen LogP) is 2.88. The number of benzene rings is 1. The normalized spacial score (nSPS) is 10.8. The fraction of sp³-hybridized carbons (Fsp3) is 0.308. The average molecular weight is 204 g/mol. The molecule has 0 spiro atoms. The van der Waals surface area contributed by atoms with Gasteiger partial charge in [0.2, 0.25) is 0 Å². The third kappa shape index (κ3) is 3.98. The Morgan fingerprint density at radius 3 is 2.80 bits per heavy atom. The summed E-state index contributed by atoms with van der Waals surface area (Å²) in [5.74, 6) is -0.879. The summed E-state index contributed by atoms with van der Waals surface area (Å²) in [6, 6.07) is 6.35. The monoisotopic (exact) mass is 204 g/mol. The second-order valence-electron chi connectivity index (χ2n) is 3.71. The molecule has 1 rings (SSSR count). The molecule has 2 heteroatoms. The molecule has 0 aliphatic heterocycles. The molecule has 0 aliphatic carbocycles. The molecule has 2 nitrogen and oxygen atoms in total. The van der Waals surface area contributed by atoms with E-state index in [0.717, 1.165) is 12.8 Å². The molecule has 0 aromatic heterocycles. The van der Waals surface area contributed by atoms with Crippen molar-refractivity contribution in [3.63, 3.8) is 0 Å². The molecule has 0 atom stereocenters. The number of allylic oxidation sites excluding steroid dienone is 1. The summed E-state index contributed by atoms with van der Waals surface area (Å²) in [6.45, 7) is 4.14. The Kier molecular flexibility index (Phi) is 4.10. The van der Waals surface area contributed by atoms with Gasteiger partial charge in [-0.3, -0.25) is 0 Å². The van der Waals surface area contributed by atoms with Crippen LogP contribution in [0.5, 0.6) is 0 Å². The van der Waals surface area contributed by atoms with Crippen molar-refractivity contribution in [1.82, 2.24) is 0 Å². The van der Waals surface area contributed by atoms with E-state index in [1.807, 2.05) is 0 Å². The van der Waals surface area contributed by atoms with E-state index in [0.29, 0.717) is 0 Å². The van der Waals surface area contributed by atoms with Gasteiger partial charge in [0.1, 0.15) is 0 Å². The van der Waals surface area contributed by atoms with Crippen LogP contribution in [0.2, 0.25) is 0 Å². The van der Waals surface area contributed by atoms with Gasteiger partial charge in [-0.2, -0.15) is 0 Å². The van der Waals surface area contributed by atoms with Crippen LogP contribution in [0.15, 0.2) is 30.4 Å². The van der Waals surface area contributed by atoms with Gasteiger partial charge >= 0.3 is 5.97 Å². The Labute approximate surface area is 90.3 Å². The van der Waals surface area contributed by atoms with Crippen molar-refractivity contribution in [2.24, 2.45) is 0 Å². The topological polar surface area (TPSA) is 37.3 Å². The van der Waals surface area contributed by atoms with Gasteiger partial charge in [0.15, 0.2) is 0 Å².